The van der Waals surface area contributed by atoms with E-state index in [1.165, 1.54) is 27.3 Å². The van der Waals surface area contributed by atoms with Crippen molar-refractivity contribution in [2.24, 2.45) is 0 Å². The van der Waals surface area contributed by atoms with Gasteiger partial charge in [0.1, 0.15) is 0 Å². The van der Waals surface area contributed by atoms with E-state index in [-0.39, 0.29) is 0 Å². The van der Waals surface area contributed by atoms with E-state index in [4.69, 9.17) is 0 Å². The molecule has 4 rings (SSSR count). The molecule has 0 aliphatic carbocycles. The molecule has 0 saturated carbocycles. The third-order valence-electron chi connectivity index (χ3n) is 4.23. The zero-order chi connectivity index (χ0) is 17.4. The van der Waals surface area contributed by atoms with Gasteiger partial charge in [0.15, 0.2) is 5.82 Å². The minimum absolute atomic E-state index is 0.515. The van der Waals surface area contributed by atoms with Gasteiger partial charge < -0.3 is 0 Å². The molecule has 3 heterocycles. The van der Waals surface area contributed by atoms with Gasteiger partial charge >= 0.3 is 6.18 Å². The highest BCUT2D eigenvalue weighted by atomic mass is 32.1. The number of aromatic nitrogens is 4. The van der Waals surface area contributed by atoms with Crippen molar-refractivity contribution in [1.29, 1.82) is 0 Å². The topological polar surface area (TPSA) is 46.8 Å². The number of alkyl halides is 3. The van der Waals surface area contributed by atoms with Gasteiger partial charge in [-0.1, -0.05) is 0 Å². The van der Waals surface area contributed by atoms with E-state index in [1.807, 2.05) is 0 Å². The van der Waals surface area contributed by atoms with Crippen molar-refractivity contribution >= 4 is 11.3 Å². The Morgan fingerprint density at radius 3 is 2.68 bits per heavy atom. The van der Waals surface area contributed by atoms with E-state index in [9.17, 15) is 13.2 Å². The van der Waals surface area contributed by atoms with E-state index < -0.39 is 11.7 Å². The van der Waals surface area contributed by atoms with E-state index in [0.717, 1.165) is 31.6 Å². The van der Waals surface area contributed by atoms with E-state index >= 15 is 0 Å². The maximum atomic E-state index is 12.7. The van der Waals surface area contributed by atoms with Crippen LogP contribution in [0.4, 0.5) is 13.2 Å². The van der Waals surface area contributed by atoms with E-state index in [1.54, 1.807) is 11.3 Å². The average molecular weight is 365 g/mol. The molecule has 1 aromatic carbocycles. The largest absolute Gasteiger partial charge is 0.416 e. The highest BCUT2D eigenvalue weighted by molar-refractivity contribution is 7.10. The number of hydrogen-bond donors (Lipinski definition) is 0. The van der Waals surface area contributed by atoms with Gasteiger partial charge in [-0.25, -0.2) is 0 Å². The Morgan fingerprint density at radius 2 is 1.92 bits per heavy atom. The molecule has 0 unspecified atom stereocenters. The molecule has 2 aromatic heterocycles. The summed E-state index contributed by atoms with van der Waals surface area (Å²) in [6.45, 7) is 2.29. The number of halogens is 3. The van der Waals surface area contributed by atoms with Crippen LogP contribution in [-0.2, 0) is 25.7 Å². The van der Waals surface area contributed by atoms with Crippen LogP contribution in [-0.4, -0.2) is 31.7 Å². The monoisotopic (exact) mass is 365 g/mol. The number of nitrogens with zero attached hydrogens (tertiary/aromatic N) is 5. The number of tetrazole rings is 1. The maximum absolute atomic E-state index is 12.7. The van der Waals surface area contributed by atoms with Gasteiger partial charge in [-0.2, -0.15) is 17.9 Å². The molecule has 5 nitrogen and oxygen atoms in total. The minimum Gasteiger partial charge on any atom is -0.291 e. The Bertz CT molecular complexity index is 869. The summed E-state index contributed by atoms with van der Waals surface area (Å²) in [5.74, 6) is 0.610. The highest BCUT2D eigenvalue weighted by Gasteiger charge is 2.30. The zero-order valence-corrected chi connectivity index (χ0v) is 13.9. The number of hydrogen-bond acceptors (Lipinski definition) is 5. The van der Waals surface area contributed by atoms with Gasteiger partial charge in [-0.3, -0.25) is 4.90 Å². The van der Waals surface area contributed by atoms with Crippen molar-refractivity contribution in [3.8, 4) is 5.69 Å². The van der Waals surface area contributed by atoms with Gasteiger partial charge in [-0.05, 0) is 58.1 Å². The second kappa shape index (κ2) is 6.23. The first-order valence-corrected chi connectivity index (χ1v) is 8.61. The molecule has 1 aliphatic heterocycles. The van der Waals surface area contributed by atoms with Crippen LogP contribution >= 0.6 is 11.3 Å². The molecular formula is C16H14F3N5S. The van der Waals surface area contributed by atoms with Crippen LogP contribution in [0.3, 0.4) is 0 Å². The fourth-order valence-corrected chi connectivity index (χ4v) is 3.83. The minimum atomic E-state index is -4.35. The Kier molecular flexibility index (Phi) is 4.04. The van der Waals surface area contributed by atoms with E-state index in [2.05, 4.69) is 31.9 Å². The lowest BCUT2D eigenvalue weighted by Crippen LogP contribution is -2.30. The molecule has 25 heavy (non-hydrogen) atoms. The molecule has 0 fully saturated rings. The Morgan fingerprint density at radius 1 is 1.12 bits per heavy atom. The smallest absolute Gasteiger partial charge is 0.291 e. The number of rotatable bonds is 3. The molecule has 0 atom stereocenters. The normalized spacial score (nSPS) is 15.3. The summed E-state index contributed by atoms with van der Waals surface area (Å²) < 4.78 is 39.6. The zero-order valence-electron chi connectivity index (χ0n) is 13.1. The van der Waals surface area contributed by atoms with Gasteiger partial charge in [0.05, 0.1) is 17.8 Å². The summed E-state index contributed by atoms with van der Waals surface area (Å²) in [6, 6.07) is 6.98. The summed E-state index contributed by atoms with van der Waals surface area (Å²) >= 11 is 1.77. The SMILES string of the molecule is FC(F)(F)c1ccc(-n2nnnc2CN2CCc3sccc3C2)cc1. The summed E-state index contributed by atoms with van der Waals surface area (Å²) in [5, 5.41) is 13.8. The van der Waals surface area contributed by atoms with Crippen LogP contribution in [0.25, 0.3) is 5.69 Å². The predicted molar refractivity (Wildman–Crippen MR) is 86.3 cm³/mol. The lowest BCUT2D eigenvalue weighted by molar-refractivity contribution is -0.137. The predicted octanol–water partition coefficient (Wildman–Crippen LogP) is 3.30. The third-order valence-corrected chi connectivity index (χ3v) is 5.25. The van der Waals surface area contributed by atoms with E-state index in [0.29, 0.717) is 18.1 Å². The number of thiophene rings is 1. The molecule has 0 bridgehead atoms. The highest BCUT2D eigenvalue weighted by Crippen LogP contribution is 2.30. The Balaban J connectivity index is 1.53. The van der Waals surface area contributed by atoms with Crippen molar-refractivity contribution < 1.29 is 13.2 Å². The van der Waals surface area contributed by atoms with Crippen LogP contribution in [0.1, 0.15) is 21.8 Å². The third kappa shape index (κ3) is 3.29. The first-order chi connectivity index (χ1) is 12.0. The fourth-order valence-electron chi connectivity index (χ4n) is 2.94. The van der Waals surface area contributed by atoms with Gasteiger partial charge in [0, 0.05) is 18.0 Å². The van der Waals surface area contributed by atoms with Crippen LogP contribution in [0.5, 0.6) is 0 Å². The van der Waals surface area contributed by atoms with Crippen molar-refractivity contribution in [2.75, 3.05) is 6.54 Å². The molecule has 1 aliphatic rings. The number of benzene rings is 1. The first kappa shape index (κ1) is 16.2. The molecule has 0 N–H and O–H groups in total. The molecule has 9 heteroatoms. The number of fused-ring (bicyclic) bond motifs is 1. The summed E-state index contributed by atoms with van der Waals surface area (Å²) in [6.07, 6.45) is -3.36. The standard InChI is InChI=1S/C16H14F3N5S/c17-16(18,19)12-1-3-13(4-2-12)24-15(20-21-22-24)10-23-7-5-14-11(9-23)6-8-25-14/h1-4,6,8H,5,7,9-10H2. The lowest BCUT2D eigenvalue weighted by Gasteiger charge is -2.26. The summed E-state index contributed by atoms with van der Waals surface area (Å²) in [7, 11) is 0. The molecular weight excluding hydrogens is 351 g/mol. The Hall–Kier alpha value is -2.26. The fraction of sp³-hybridized carbons (Fsp3) is 0.312. The summed E-state index contributed by atoms with van der Waals surface area (Å²) in [4.78, 5) is 3.65. The van der Waals surface area contributed by atoms with Crippen LogP contribution in [0.15, 0.2) is 35.7 Å². The van der Waals surface area contributed by atoms with Gasteiger partial charge in [0.25, 0.3) is 0 Å². The second-order valence-electron chi connectivity index (χ2n) is 5.88. The van der Waals surface area contributed by atoms with Crippen molar-refractivity contribution in [1.82, 2.24) is 25.1 Å². The van der Waals surface area contributed by atoms with Crippen molar-refractivity contribution in [3.63, 3.8) is 0 Å². The first-order valence-electron chi connectivity index (χ1n) is 7.73. The summed E-state index contributed by atoms with van der Waals surface area (Å²) in [5.41, 5.74) is 1.15. The average Bonchev–Trinajstić information content (AvgIpc) is 3.23. The second-order valence-corrected chi connectivity index (χ2v) is 6.88. The van der Waals surface area contributed by atoms with Crippen molar-refractivity contribution in [2.45, 2.75) is 25.7 Å². The van der Waals surface area contributed by atoms with Gasteiger partial charge in [0.2, 0.25) is 0 Å². The molecule has 0 saturated heterocycles. The van der Waals surface area contributed by atoms with Gasteiger partial charge in [-0.15, -0.1) is 16.4 Å². The Labute approximate surface area is 145 Å². The molecule has 130 valence electrons. The molecule has 0 spiro atoms. The lowest BCUT2D eigenvalue weighted by atomic mass is 10.1. The quantitative estimate of drug-likeness (QED) is 0.715. The van der Waals surface area contributed by atoms with Crippen molar-refractivity contribution in [3.05, 3.63) is 57.5 Å². The molecule has 3 aromatic rings. The van der Waals surface area contributed by atoms with Crippen LogP contribution in [0.2, 0.25) is 0 Å². The van der Waals surface area contributed by atoms with Crippen LogP contribution in [0, 0.1) is 0 Å². The van der Waals surface area contributed by atoms with Crippen LogP contribution < -0.4 is 0 Å². The molecule has 0 radical (unpaired) electrons. The maximum Gasteiger partial charge on any atom is 0.416 e. The molecule has 0 amide bonds.